The number of benzene rings is 1. The maximum atomic E-state index is 13.2. The Morgan fingerprint density at radius 1 is 1.00 bits per heavy atom. The van der Waals surface area contributed by atoms with Gasteiger partial charge in [-0.15, -0.1) is 0 Å². The highest BCUT2D eigenvalue weighted by Gasteiger charge is 2.38. The van der Waals surface area contributed by atoms with Crippen molar-refractivity contribution >= 4 is 0 Å². The third-order valence-corrected chi connectivity index (χ3v) is 2.04. The minimum absolute atomic E-state index is 0.0507. The molecule has 0 spiro atoms. The molecule has 0 aliphatic carbocycles. The van der Waals surface area contributed by atoms with Crippen molar-refractivity contribution in [2.45, 2.75) is 25.7 Å². The highest BCUT2D eigenvalue weighted by atomic mass is 19.3. The van der Waals surface area contributed by atoms with Crippen LogP contribution in [0.15, 0.2) is 6.07 Å². The molecule has 0 fully saturated rings. The summed E-state index contributed by atoms with van der Waals surface area (Å²) in [6.07, 6.45) is -0.892. The lowest BCUT2D eigenvalue weighted by atomic mass is 10.0. The zero-order valence-electron chi connectivity index (χ0n) is 8.26. The number of hydrogen-bond acceptors (Lipinski definition) is 0. The van der Waals surface area contributed by atoms with Crippen LogP contribution in [-0.4, -0.2) is 0 Å². The first-order valence-electron chi connectivity index (χ1n) is 4.52. The zero-order chi connectivity index (χ0) is 12.5. The first kappa shape index (κ1) is 12.9. The fourth-order valence-electron chi connectivity index (χ4n) is 1.34. The van der Waals surface area contributed by atoms with E-state index in [4.69, 9.17) is 0 Å². The van der Waals surface area contributed by atoms with Gasteiger partial charge in [0.25, 0.3) is 5.92 Å². The molecule has 0 aliphatic heterocycles. The van der Waals surface area contributed by atoms with Gasteiger partial charge in [-0.1, -0.05) is 13.3 Å². The Morgan fingerprint density at radius 2 is 1.56 bits per heavy atom. The van der Waals surface area contributed by atoms with Crippen molar-refractivity contribution < 1.29 is 26.3 Å². The Hall–Kier alpha value is -1.20. The summed E-state index contributed by atoms with van der Waals surface area (Å²) in [6, 6.07) is -0.0860. The van der Waals surface area contributed by atoms with E-state index in [9.17, 15) is 26.3 Å². The van der Waals surface area contributed by atoms with E-state index in [0.29, 0.717) is 0 Å². The first-order valence-corrected chi connectivity index (χ1v) is 4.52. The predicted molar refractivity (Wildman–Crippen MR) is 45.1 cm³/mol. The quantitative estimate of drug-likeness (QED) is 0.424. The maximum Gasteiger partial charge on any atom is 0.279 e. The standard InChI is InChI=1S/C10H8F6/c1-2-3-10(15,16)7-5(11)4-6(12)8(13)9(7)14/h4H,2-3H2,1H3. The summed E-state index contributed by atoms with van der Waals surface area (Å²) in [5.41, 5.74) is -1.71. The molecule has 0 bridgehead atoms. The van der Waals surface area contributed by atoms with Crippen molar-refractivity contribution in [1.82, 2.24) is 0 Å². The van der Waals surface area contributed by atoms with E-state index >= 15 is 0 Å². The number of alkyl halides is 2. The molecule has 0 N–H and O–H groups in total. The van der Waals surface area contributed by atoms with Crippen molar-refractivity contribution in [2.24, 2.45) is 0 Å². The van der Waals surface area contributed by atoms with E-state index < -0.39 is 41.2 Å². The smallest absolute Gasteiger partial charge is 0.206 e. The molecule has 0 amide bonds. The van der Waals surface area contributed by atoms with E-state index in [1.54, 1.807) is 0 Å². The van der Waals surface area contributed by atoms with Gasteiger partial charge in [0.2, 0.25) is 0 Å². The molecule has 0 radical (unpaired) electrons. The van der Waals surface area contributed by atoms with Gasteiger partial charge in [0.1, 0.15) is 5.82 Å². The summed E-state index contributed by atoms with van der Waals surface area (Å²) in [5, 5.41) is 0. The summed E-state index contributed by atoms with van der Waals surface area (Å²) < 4.78 is 77.6. The molecule has 1 aromatic carbocycles. The van der Waals surface area contributed by atoms with E-state index in [2.05, 4.69) is 0 Å². The van der Waals surface area contributed by atoms with Crippen LogP contribution in [0.5, 0.6) is 0 Å². The molecule has 1 aromatic rings. The van der Waals surface area contributed by atoms with Crippen molar-refractivity contribution in [3.05, 3.63) is 34.9 Å². The van der Waals surface area contributed by atoms with Crippen LogP contribution in [0.3, 0.4) is 0 Å². The van der Waals surface area contributed by atoms with Crippen molar-refractivity contribution in [3.63, 3.8) is 0 Å². The van der Waals surface area contributed by atoms with Gasteiger partial charge in [0.15, 0.2) is 17.5 Å². The second-order valence-corrected chi connectivity index (χ2v) is 3.30. The van der Waals surface area contributed by atoms with Crippen LogP contribution < -0.4 is 0 Å². The van der Waals surface area contributed by atoms with E-state index in [1.807, 2.05) is 0 Å². The lowest BCUT2D eigenvalue weighted by Crippen LogP contribution is -2.19. The van der Waals surface area contributed by atoms with Crippen molar-refractivity contribution in [1.29, 1.82) is 0 Å². The molecule has 0 atom stereocenters. The van der Waals surface area contributed by atoms with Crippen LogP contribution in [0.4, 0.5) is 26.3 Å². The number of hydrogen-bond donors (Lipinski definition) is 0. The second kappa shape index (κ2) is 4.35. The Bertz CT molecular complexity index is 399. The molecule has 16 heavy (non-hydrogen) atoms. The van der Waals surface area contributed by atoms with Gasteiger partial charge in [-0.25, -0.2) is 26.3 Å². The fraction of sp³-hybridized carbons (Fsp3) is 0.400. The predicted octanol–water partition coefficient (Wildman–Crippen LogP) is 4.13. The fourth-order valence-corrected chi connectivity index (χ4v) is 1.34. The van der Waals surface area contributed by atoms with Crippen LogP contribution in [-0.2, 0) is 5.92 Å². The Labute approximate surface area is 87.9 Å². The van der Waals surface area contributed by atoms with Gasteiger partial charge in [0, 0.05) is 12.5 Å². The Balaban J connectivity index is 3.39. The largest absolute Gasteiger partial charge is 0.279 e. The van der Waals surface area contributed by atoms with Crippen LogP contribution >= 0.6 is 0 Å². The van der Waals surface area contributed by atoms with Crippen LogP contribution in [0, 0.1) is 23.3 Å². The second-order valence-electron chi connectivity index (χ2n) is 3.30. The van der Waals surface area contributed by atoms with Crippen LogP contribution in [0.25, 0.3) is 0 Å². The lowest BCUT2D eigenvalue weighted by Gasteiger charge is -2.17. The summed E-state index contributed by atoms with van der Waals surface area (Å²) in [7, 11) is 0. The molecular weight excluding hydrogens is 234 g/mol. The molecule has 0 heterocycles. The van der Waals surface area contributed by atoms with Gasteiger partial charge in [-0.2, -0.15) is 0 Å². The normalized spacial score (nSPS) is 11.9. The van der Waals surface area contributed by atoms with Gasteiger partial charge in [-0.05, 0) is 0 Å². The molecule has 90 valence electrons. The SMILES string of the molecule is CCCC(F)(F)c1c(F)cc(F)c(F)c1F. The first-order chi connectivity index (χ1) is 7.31. The summed E-state index contributed by atoms with van der Waals surface area (Å²) in [4.78, 5) is 0. The third kappa shape index (κ3) is 2.15. The molecule has 0 aliphatic rings. The van der Waals surface area contributed by atoms with E-state index in [1.165, 1.54) is 6.92 Å². The monoisotopic (exact) mass is 242 g/mol. The van der Waals surface area contributed by atoms with Crippen molar-refractivity contribution in [3.8, 4) is 0 Å². The van der Waals surface area contributed by atoms with E-state index in [-0.39, 0.29) is 12.5 Å². The Morgan fingerprint density at radius 3 is 2.06 bits per heavy atom. The van der Waals surface area contributed by atoms with Crippen molar-refractivity contribution in [2.75, 3.05) is 0 Å². The Kier molecular flexibility index (Phi) is 3.50. The van der Waals surface area contributed by atoms with Gasteiger partial charge in [-0.3, -0.25) is 0 Å². The van der Waals surface area contributed by atoms with Crippen LogP contribution in [0.1, 0.15) is 25.3 Å². The molecule has 0 saturated heterocycles. The summed E-state index contributed by atoms with van der Waals surface area (Å²) in [5.74, 6) is -11.7. The summed E-state index contributed by atoms with van der Waals surface area (Å²) >= 11 is 0. The average Bonchev–Trinajstić information content (AvgIpc) is 2.13. The minimum atomic E-state index is -3.85. The maximum absolute atomic E-state index is 13.2. The highest BCUT2D eigenvalue weighted by Crippen LogP contribution is 2.37. The van der Waals surface area contributed by atoms with Crippen LogP contribution in [0.2, 0.25) is 0 Å². The van der Waals surface area contributed by atoms with E-state index in [0.717, 1.165) is 0 Å². The lowest BCUT2D eigenvalue weighted by molar-refractivity contribution is -0.0217. The van der Waals surface area contributed by atoms with Gasteiger partial charge >= 0.3 is 0 Å². The highest BCUT2D eigenvalue weighted by molar-refractivity contribution is 5.26. The topological polar surface area (TPSA) is 0 Å². The molecule has 6 heteroatoms. The molecule has 1 rings (SSSR count). The molecule has 0 aromatic heterocycles. The van der Waals surface area contributed by atoms with Gasteiger partial charge in [0.05, 0.1) is 5.56 Å². The third-order valence-electron chi connectivity index (χ3n) is 2.04. The molecule has 0 unspecified atom stereocenters. The molecule has 0 saturated carbocycles. The van der Waals surface area contributed by atoms with Gasteiger partial charge < -0.3 is 0 Å². The zero-order valence-corrected chi connectivity index (χ0v) is 8.26. The number of rotatable bonds is 3. The minimum Gasteiger partial charge on any atom is -0.206 e. The average molecular weight is 242 g/mol. The number of halogens is 6. The molecule has 0 nitrogen and oxygen atoms in total. The molecular formula is C10H8F6. The summed E-state index contributed by atoms with van der Waals surface area (Å²) in [6.45, 7) is 1.38.